The fourth-order valence-electron chi connectivity index (χ4n) is 1.76. The van der Waals surface area contributed by atoms with Gasteiger partial charge in [0.05, 0.1) is 5.69 Å². The Balaban J connectivity index is 2.78. The molecule has 6 nitrogen and oxygen atoms in total. The Labute approximate surface area is 126 Å². The summed E-state index contributed by atoms with van der Waals surface area (Å²) in [6, 6.07) is 6.67. The fraction of sp³-hybridized carbons (Fsp3) is 0.500. The minimum absolute atomic E-state index is 0.0806. The SMILES string of the molecule is CCNS(=O)(=O)c1ccccc1NC(=O)CCNC(C)C. The maximum absolute atomic E-state index is 12.1. The third-order valence-electron chi connectivity index (χ3n) is 2.69. The Kier molecular flexibility index (Phi) is 6.80. The molecule has 1 aromatic carbocycles. The summed E-state index contributed by atoms with van der Waals surface area (Å²) < 4.78 is 26.5. The van der Waals surface area contributed by atoms with Crippen molar-refractivity contribution in [3.05, 3.63) is 24.3 Å². The van der Waals surface area contributed by atoms with Gasteiger partial charge < -0.3 is 10.6 Å². The standard InChI is InChI=1S/C14H23N3O3S/c1-4-16-21(19,20)13-8-6-5-7-12(13)17-14(18)9-10-15-11(2)3/h5-8,11,15-16H,4,9-10H2,1-3H3,(H,17,18). The zero-order valence-corrected chi connectivity index (χ0v) is 13.5. The highest BCUT2D eigenvalue weighted by atomic mass is 32.2. The second-order valence-electron chi connectivity index (χ2n) is 4.90. The van der Waals surface area contributed by atoms with Gasteiger partial charge in [0.15, 0.2) is 0 Å². The van der Waals surface area contributed by atoms with Gasteiger partial charge in [0.1, 0.15) is 4.90 Å². The summed E-state index contributed by atoms with van der Waals surface area (Å²) in [6.07, 6.45) is 0.285. The minimum atomic E-state index is -3.60. The first-order chi connectivity index (χ1) is 9.86. The molecule has 0 aliphatic rings. The van der Waals surface area contributed by atoms with Gasteiger partial charge in [-0.3, -0.25) is 4.79 Å². The van der Waals surface area contributed by atoms with Crippen LogP contribution in [-0.4, -0.2) is 33.5 Å². The van der Waals surface area contributed by atoms with Gasteiger partial charge in [-0.1, -0.05) is 32.9 Å². The van der Waals surface area contributed by atoms with Crippen molar-refractivity contribution >= 4 is 21.6 Å². The van der Waals surface area contributed by atoms with E-state index in [0.717, 1.165) is 0 Å². The quantitative estimate of drug-likeness (QED) is 0.675. The van der Waals surface area contributed by atoms with E-state index in [0.29, 0.717) is 24.8 Å². The van der Waals surface area contributed by atoms with Crippen molar-refractivity contribution in [1.29, 1.82) is 0 Å². The molecule has 0 bridgehead atoms. The third kappa shape index (κ3) is 5.82. The fourth-order valence-corrected chi connectivity index (χ4v) is 2.96. The first-order valence-electron chi connectivity index (χ1n) is 6.98. The molecule has 0 spiro atoms. The topological polar surface area (TPSA) is 87.3 Å². The molecule has 21 heavy (non-hydrogen) atoms. The van der Waals surface area contributed by atoms with Gasteiger partial charge in [0.25, 0.3) is 0 Å². The Morgan fingerprint density at radius 1 is 1.24 bits per heavy atom. The van der Waals surface area contributed by atoms with Gasteiger partial charge in [-0.25, -0.2) is 13.1 Å². The van der Waals surface area contributed by atoms with Gasteiger partial charge in [0, 0.05) is 25.6 Å². The van der Waals surface area contributed by atoms with Crippen LogP contribution in [0.1, 0.15) is 27.2 Å². The van der Waals surface area contributed by atoms with Crippen LogP contribution in [0.15, 0.2) is 29.2 Å². The van der Waals surface area contributed by atoms with Crippen LogP contribution in [0.2, 0.25) is 0 Å². The van der Waals surface area contributed by atoms with Crippen molar-refractivity contribution in [2.24, 2.45) is 0 Å². The van der Waals surface area contributed by atoms with E-state index in [4.69, 9.17) is 0 Å². The van der Waals surface area contributed by atoms with Crippen molar-refractivity contribution in [2.75, 3.05) is 18.4 Å². The summed E-state index contributed by atoms with van der Waals surface area (Å²) in [7, 11) is -3.60. The van der Waals surface area contributed by atoms with Crippen molar-refractivity contribution in [1.82, 2.24) is 10.0 Å². The minimum Gasteiger partial charge on any atom is -0.325 e. The summed E-state index contributed by atoms with van der Waals surface area (Å²) in [5, 5.41) is 5.79. The van der Waals surface area contributed by atoms with Crippen molar-refractivity contribution in [2.45, 2.75) is 38.1 Å². The van der Waals surface area contributed by atoms with Crippen LogP contribution in [0.5, 0.6) is 0 Å². The van der Waals surface area contributed by atoms with E-state index in [2.05, 4.69) is 15.4 Å². The summed E-state index contributed by atoms with van der Waals surface area (Å²) in [6.45, 7) is 6.54. The second kappa shape index (κ2) is 8.11. The Morgan fingerprint density at radius 2 is 1.90 bits per heavy atom. The molecule has 0 saturated carbocycles. The molecule has 1 aromatic rings. The summed E-state index contributed by atoms with van der Waals surface area (Å²) in [5.41, 5.74) is 0.299. The van der Waals surface area contributed by atoms with E-state index in [9.17, 15) is 13.2 Å². The highest BCUT2D eigenvalue weighted by Crippen LogP contribution is 2.20. The normalized spacial score (nSPS) is 11.6. The van der Waals surface area contributed by atoms with Gasteiger partial charge in [-0.2, -0.15) is 0 Å². The Bertz CT molecular complexity index is 571. The number of sulfonamides is 1. The number of amides is 1. The number of rotatable bonds is 8. The van der Waals surface area contributed by atoms with E-state index in [-0.39, 0.29) is 17.2 Å². The molecular formula is C14H23N3O3S. The molecule has 0 aliphatic carbocycles. The van der Waals surface area contributed by atoms with Crippen LogP contribution in [0.25, 0.3) is 0 Å². The van der Waals surface area contributed by atoms with Gasteiger partial charge >= 0.3 is 0 Å². The van der Waals surface area contributed by atoms with E-state index in [1.165, 1.54) is 6.07 Å². The molecule has 0 saturated heterocycles. The van der Waals surface area contributed by atoms with Crippen molar-refractivity contribution in [3.8, 4) is 0 Å². The molecule has 118 valence electrons. The van der Waals surface area contributed by atoms with E-state index in [1.807, 2.05) is 13.8 Å². The number of hydrogen-bond donors (Lipinski definition) is 3. The molecule has 1 amide bonds. The molecule has 0 heterocycles. The molecule has 7 heteroatoms. The predicted molar refractivity (Wildman–Crippen MR) is 83.7 cm³/mol. The summed E-state index contributed by atoms with van der Waals surface area (Å²) in [4.78, 5) is 11.9. The van der Waals surface area contributed by atoms with Gasteiger partial charge in [-0.15, -0.1) is 0 Å². The average Bonchev–Trinajstić information content (AvgIpc) is 2.38. The Hall–Kier alpha value is -1.44. The Morgan fingerprint density at radius 3 is 2.52 bits per heavy atom. The van der Waals surface area contributed by atoms with Crippen LogP contribution < -0.4 is 15.4 Å². The zero-order valence-electron chi connectivity index (χ0n) is 12.6. The highest BCUT2D eigenvalue weighted by Gasteiger charge is 2.18. The molecule has 0 atom stereocenters. The molecule has 0 unspecified atom stereocenters. The first-order valence-corrected chi connectivity index (χ1v) is 8.47. The van der Waals surface area contributed by atoms with Crippen LogP contribution in [0.4, 0.5) is 5.69 Å². The van der Waals surface area contributed by atoms with Gasteiger partial charge in [0.2, 0.25) is 15.9 Å². The molecule has 0 aromatic heterocycles. The smallest absolute Gasteiger partial charge is 0.242 e. The molecular weight excluding hydrogens is 290 g/mol. The lowest BCUT2D eigenvalue weighted by Gasteiger charge is -2.12. The van der Waals surface area contributed by atoms with Crippen LogP contribution >= 0.6 is 0 Å². The van der Waals surface area contributed by atoms with Crippen LogP contribution in [0.3, 0.4) is 0 Å². The van der Waals surface area contributed by atoms with Crippen LogP contribution in [-0.2, 0) is 14.8 Å². The number of carbonyl (C=O) groups is 1. The highest BCUT2D eigenvalue weighted by molar-refractivity contribution is 7.89. The summed E-state index contributed by atoms with van der Waals surface area (Å²) >= 11 is 0. The lowest BCUT2D eigenvalue weighted by Crippen LogP contribution is -2.28. The third-order valence-corrected chi connectivity index (χ3v) is 4.29. The predicted octanol–water partition coefficient (Wildman–Crippen LogP) is 1.31. The zero-order chi connectivity index (χ0) is 15.9. The molecule has 0 radical (unpaired) electrons. The van der Waals surface area contributed by atoms with E-state index in [1.54, 1.807) is 25.1 Å². The number of nitrogens with one attached hydrogen (secondary N) is 3. The number of hydrogen-bond acceptors (Lipinski definition) is 4. The largest absolute Gasteiger partial charge is 0.325 e. The maximum Gasteiger partial charge on any atom is 0.242 e. The summed E-state index contributed by atoms with van der Waals surface area (Å²) in [5.74, 6) is -0.220. The maximum atomic E-state index is 12.1. The number of carbonyl (C=O) groups excluding carboxylic acids is 1. The first kappa shape index (κ1) is 17.6. The molecule has 0 fully saturated rings. The average molecular weight is 313 g/mol. The van der Waals surface area contributed by atoms with Crippen molar-refractivity contribution < 1.29 is 13.2 Å². The molecule has 1 rings (SSSR count). The lowest BCUT2D eigenvalue weighted by atomic mass is 10.3. The monoisotopic (exact) mass is 313 g/mol. The second-order valence-corrected chi connectivity index (χ2v) is 6.64. The van der Waals surface area contributed by atoms with Gasteiger partial charge in [-0.05, 0) is 12.1 Å². The molecule has 0 aliphatic heterocycles. The molecule has 3 N–H and O–H groups in total. The van der Waals surface area contributed by atoms with Crippen molar-refractivity contribution in [3.63, 3.8) is 0 Å². The van der Waals surface area contributed by atoms with E-state index < -0.39 is 10.0 Å². The number of benzene rings is 1. The van der Waals surface area contributed by atoms with Crippen LogP contribution in [0, 0.1) is 0 Å². The lowest BCUT2D eigenvalue weighted by molar-refractivity contribution is -0.116. The number of anilines is 1. The number of para-hydroxylation sites is 1. The van der Waals surface area contributed by atoms with E-state index >= 15 is 0 Å².